The minimum absolute atomic E-state index is 0.0260. The van der Waals surface area contributed by atoms with E-state index in [1.165, 1.54) is 12.8 Å². The Labute approximate surface area is 283 Å². The number of pyridine rings is 1. The highest BCUT2D eigenvalue weighted by Crippen LogP contribution is 2.41. The number of aromatic nitrogens is 4. The number of benzene rings is 2. The van der Waals surface area contributed by atoms with E-state index in [-0.39, 0.29) is 29.8 Å². The summed E-state index contributed by atoms with van der Waals surface area (Å²) in [6.45, 7) is 3.38. The van der Waals surface area contributed by atoms with Gasteiger partial charge in [-0.2, -0.15) is 5.26 Å². The molecule has 2 aliphatic carbocycles. The van der Waals surface area contributed by atoms with Crippen LogP contribution in [0.4, 0.5) is 0 Å². The fraction of sp³-hybridized carbons (Fsp3) is 0.395. The number of likely N-dealkylation sites (tertiary alicyclic amines) is 2. The van der Waals surface area contributed by atoms with Crippen molar-refractivity contribution < 1.29 is 14.3 Å². The molecule has 2 saturated carbocycles. The Morgan fingerprint density at radius 3 is 2.43 bits per heavy atom. The molecule has 2 aliphatic heterocycles. The highest BCUT2D eigenvalue weighted by Gasteiger charge is 2.47. The van der Waals surface area contributed by atoms with Crippen molar-refractivity contribution in [2.75, 3.05) is 26.7 Å². The zero-order valence-corrected chi connectivity index (χ0v) is 27.5. The smallest absolute Gasteiger partial charge is 0.254 e. The molecule has 11 nitrogen and oxygen atoms in total. The molecule has 2 aromatic carbocycles. The molecular formula is C38H38N8O3. The van der Waals surface area contributed by atoms with Gasteiger partial charge in [0.1, 0.15) is 16.9 Å². The van der Waals surface area contributed by atoms with E-state index in [0.29, 0.717) is 66.0 Å². The fourth-order valence-electron chi connectivity index (χ4n) is 8.33. The Balaban J connectivity index is 1.10. The van der Waals surface area contributed by atoms with Crippen LogP contribution in [-0.4, -0.2) is 79.5 Å². The maximum Gasteiger partial charge on any atom is 0.254 e. The first-order valence-electron chi connectivity index (χ1n) is 17.3. The molecular weight excluding hydrogens is 616 g/mol. The number of imidazole rings is 1. The maximum absolute atomic E-state index is 14.0. The molecule has 9 rings (SSSR count). The van der Waals surface area contributed by atoms with Crippen LogP contribution in [-0.2, 0) is 13.1 Å². The number of carbonyl (C=O) groups is 2. The zero-order valence-electron chi connectivity index (χ0n) is 27.5. The number of rotatable bonds is 8. The van der Waals surface area contributed by atoms with Crippen LogP contribution >= 0.6 is 0 Å². The Kier molecular flexibility index (Phi) is 6.98. The summed E-state index contributed by atoms with van der Waals surface area (Å²) in [7, 11) is 1.64. The predicted molar refractivity (Wildman–Crippen MR) is 184 cm³/mol. The molecule has 0 spiro atoms. The van der Waals surface area contributed by atoms with Crippen LogP contribution in [0.25, 0.3) is 33.6 Å². The van der Waals surface area contributed by atoms with Gasteiger partial charge in [0.05, 0.1) is 30.0 Å². The topological polar surface area (TPSA) is 135 Å². The fourth-order valence-corrected chi connectivity index (χ4v) is 8.33. The number of ether oxygens (including phenoxy) is 1. The average Bonchev–Trinajstić information content (AvgIpc) is 3.47. The van der Waals surface area contributed by atoms with E-state index >= 15 is 0 Å². The third-order valence-electron chi connectivity index (χ3n) is 11.2. The highest BCUT2D eigenvalue weighted by atomic mass is 16.5. The molecule has 4 aliphatic rings. The van der Waals surface area contributed by atoms with Gasteiger partial charge in [0.25, 0.3) is 11.8 Å². The standard InChI is InChI=1S/C38H38N8O3/c1-49-32-15-28(38(48)45-21-27-10-11-30(45)33(27)40)13-29-34(32)46(20-24-17-43(18-24)37(47)25-8-6-22(16-39)7-9-25)36(42-29)31-14-26-3-2-12-41-35(26)44(31)19-23-4-5-23/h2-3,6-9,12-15,23-24,27,30,33H,4-5,10-11,17-21,40H2,1H3/t27?,30?,33-/m1/s1. The van der Waals surface area contributed by atoms with Crippen LogP contribution < -0.4 is 10.5 Å². The summed E-state index contributed by atoms with van der Waals surface area (Å²) in [6, 6.07) is 19.0. The van der Waals surface area contributed by atoms with Gasteiger partial charge in [0.15, 0.2) is 5.82 Å². The van der Waals surface area contributed by atoms with Crippen molar-refractivity contribution in [2.45, 2.75) is 50.9 Å². The van der Waals surface area contributed by atoms with Gasteiger partial charge in [-0.1, -0.05) is 0 Å². The molecule has 2 saturated heterocycles. The molecule has 2 bridgehead atoms. The van der Waals surface area contributed by atoms with E-state index in [1.54, 1.807) is 31.4 Å². The van der Waals surface area contributed by atoms with Crippen molar-refractivity contribution in [3.63, 3.8) is 0 Å². The first-order chi connectivity index (χ1) is 23.9. The molecule has 248 valence electrons. The van der Waals surface area contributed by atoms with E-state index < -0.39 is 0 Å². The lowest BCUT2D eigenvalue weighted by Gasteiger charge is -2.39. The molecule has 11 heteroatoms. The molecule has 3 aromatic heterocycles. The Morgan fingerprint density at radius 2 is 1.73 bits per heavy atom. The van der Waals surface area contributed by atoms with Gasteiger partial charge >= 0.3 is 0 Å². The second-order valence-electron chi connectivity index (χ2n) is 14.3. The normalized spacial score (nSPS) is 21.8. The number of piperidine rings is 1. The number of carbonyl (C=O) groups excluding carboxylic acids is 2. The van der Waals surface area contributed by atoms with Gasteiger partial charge < -0.3 is 29.4 Å². The second kappa shape index (κ2) is 11.4. The van der Waals surface area contributed by atoms with Crippen LogP contribution in [0.3, 0.4) is 0 Å². The number of nitriles is 1. The maximum atomic E-state index is 14.0. The number of nitrogens with two attached hydrogens (primary N) is 1. The summed E-state index contributed by atoms with van der Waals surface area (Å²) in [5.41, 5.74) is 11.6. The van der Waals surface area contributed by atoms with Crippen molar-refractivity contribution in [1.29, 1.82) is 5.26 Å². The van der Waals surface area contributed by atoms with Gasteiger partial charge in [-0.25, -0.2) is 9.97 Å². The summed E-state index contributed by atoms with van der Waals surface area (Å²) in [4.78, 5) is 41.0. The minimum atomic E-state index is -0.0387. The predicted octanol–water partition coefficient (Wildman–Crippen LogP) is 4.68. The number of amides is 2. The number of nitrogens with zero attached hydrogens (tertiary/aromatic N) is 7. The molecule has 0 radical (unpaired) electrons. The molecule has 4 fully saturated rings. The summed E-state index contributed by atoms with van der Waals surface area (Å²) in [5.74, 6) is 2.49. The first-order valence-corrected chi connectivity index (χ1v) is 17.3. The van der Waals surface area contributed by atoms with Crippen molar-refractivity contribution >= 4 is 33.9 Å². The third-order valence-corrected chi connectivity index (χ3v) is 11.2. The third kappa shape index (κ3) is 4.96. The second-order valence-corrected chi connectivity index (χ2v) is 14.3. The summed E-state index contributed by atoms with van der Waals surface area (Å²) in [6.07, 6.45) is 6.27. The molecule has 5 heterocycles. The van der Waals surface area contributed by atoms with Gasteiger partial charge in [-0.05, 0) is 92.1 Å². The van der Waals surface area contributed by atoms with Crippen LogP contribution in [0, 0.1) is 29.1 Å². The molecule has 2 amide bonds. The molecule has 5 aromatic rings. The number of hydrogen-bond donors (Lipinski definition) is 1. The zero-order chi connectivity index (χ0) is 33.4. The highest BCUT2D eigenvalue weighted by molar-refractivity contribution is 6.00. The van der Waals surface area contributed by atoms with Gasteiger partial charge in [-0.15, -0.1) is 0 Å². The van der Waals surface area contributed by atoms with Crippen molar-refractivity contribution in [2.24, 2.45) is 23.5 Å². The number of hydrogen-bond acceptors (Lipinski definition) is 7. The lowest BCUT2D eigenvalue weighted by molar-refractivity contribution is 0.0471. The largest absolute Gasteiger partial charge is 0.494 e. The van der Waals surface area contributed by atoms with E-state index in [1.807, 2.05) is 34.2 Å². The van der Waals surface area contributed by atoms with E-state index in [0.717, 1.165) is 47.5 Å². The van der Waals surface area contributed by atoms with E-state index in [2.05, 4.69) is 27.3 Å². The number of fused-ring (bicyclic) bond motifs is 4. The van der Waals surface area contributed by atoms with Crippen molar-refractivity contribution in [3.8, 4) is 23.3 Å². The van der Waals surface area contributed by atoms with Crippen LogP contribution in [0.1, 0.15) is 52.0 Å². The Morgan fingerprint density at radius 1 is 0.939 bits per heavy atom. The van der Waals surface area contributed by atoms with Crippen molar-refractivity contribution in [3.05, 3.63) is 77.5 Å². The van der Waals surface area contributed by atoms with Crippen LogP contribution in [0.2, 0.25) is 0 Å². The Hall–Kier alpha value is -5.21. The summed E-state index contributed by atoms with van der Waals surface area (Å²) >= 11 is 0. The van der Waals surface area contributed by atoms with Gasteiger partial charge in [-0.3, -0.25) is 9.59 Å². The van der Waals surface area contributed by atoms with Gasteiger partial charge in [0.2, 0.25) is 0 Å². The minimum Gasteiger partial charge on any atom is -0.494 e. The van der Waals surface area contributed by atoms with E-state index in [9.17, 15) is 9.59 Å². The van der Waals surface area contributed by atoms with Crippen LogP contribution in [0.15, 0.2) is 60.8 Å². The molecule has 3 atom stereocenters. The number of methoxy groups -OCH3 is 1. The SMILES string of the molecule is COc1cc(C(=O)N2CC3CCC2[C@@H]3N)cc2nc(-c3cc4cccnc4n3CC3CC3)n(CC3CN(C(=O)c4ccc(C#N)cc4)C3)c12. The summed E-state index contributed by atoms with van der Waals surface area (Å²) < 4.78 is 10.5. The first kappa shape index (κ1) is 29.9. The van der Waals surface area contributed by atoms with Gasteiger partial charge in [0, 0.05) is 73.4 Å². The average molecular weight is 655 g/mol. The lowest BCUT2D eigenvalue weighted by atomic mass is 9.98. The summed E-state index contributed by atoms with van der Waals surface area (Å²) in [5, 5.41) is 10.2. The van der Waals surface area contributed by atoms with E-state index in [4.69, 9.17) is 25.7 Å². The quantitative estimate of drug-likeness (QED) is 0.257. The monoisotopic (exact) mass is 654 g/mol. The van der Waals surface area contributed by atoms with Crippen molar-refractivity contribution in [1.82, 2.24) is 28.9 Å². The Bertz CT molecular complexity index is 2170. The lowest BCUT2D eigenvalue weighted by Crippen LogP contribution is -2.51. The van der Waals surface area contributed by atoms with Crippen LogP contribution in [0.5, 0.6) is 5.75 Å². The molecule has 2 N–H and O–H groups in total. The molecule has 2 unspecified atom stereocenters. The molecule has 49 heavy (non-hydrogen) atoms.